The van der Waals surface area contributed by atoms with Gasteiger partial charge < -0.3 is 10.3 Å². The minimum Gasteiger partial charge on any atom is -0.322 e. The molecule has 1 atom stereocenters. The first kappa shape index (κ1) is 14.5. The zero-order valence-electron chi connectivity index (χ0n) is 12.3. The molecule has 1 aromatic heterocycles. The molecule has 0 amide bonds. The van der Waals surface area contributed by atoms with E-state index >= 15 is 0 Å². The Morgan fingerprint density at radius 3 is 2.20 bits per heavy atom. The summed E-state index contributed by atoms with van der Waals surface area (Å²) in [6.45, 7) is 6.77. The Bertz CT molecular complexity index is 626. The van der Waals surface area contributed by atoms with Crippen LogP contribution in [0.2, 0.25) is 0 Å². The predicted molar refractivity (Wildman–Crippen MR) is 82.9 cm³/mol. The maximum absolute atomic E-state index is 11.9. The molecule has 0 radical (unpaired) electrons. The number of aryl methyl sites for hydroxylation is 1. The number of hydrogen-bond acceptors (Lipinski definition) is 2. The Morgan fingerprint density at radius 2 is 1.65 bits per heavy atom. The van der Waals surface area contributed by atoms with E-state index in [-0.39, 0.29) is 11.6 Å². The maximum Gasteiger partial charge on any atom is 0.250 e. The lowest BCUT2D eigenvalue weighted by Crippen LogP contribution is -2.27. The number of nitrogens with zero attached hydrogens (tertiary/aromatic N) is 1. The quantitative estimate of drug-likeness (QED) is 0.928. The highest BCUT2D eigenvalue weighted by atomic mass is 16.1. The van der Waals surface area contributed by atoms with Crippen molar-refractivity contribution in [1.82, 2.24) is 4.57 Å². The molecule has 0 saturated heterocycles. The van der Waals surface area contributed by atoms with Gasteiger partial charge in [-0.3, -0.25) is 4.79 Å². The lowest BCUT2D eigenvalue weighted by atomic mass is 9.99. The van der Waals surface area contributed by atoms with E-state index in [0.717, 1.165) is 11.3 Å². The molecule has 3 heteroatoms. The van der Waals surface area contributed by atoms with Crippen molar-refractivity contribution in [3.63, 3.8) is 0 Å². The van der Waals surface area contributed by atoms with Gasteiger partial charge in [-0.1, -0.05) is 44.2 Å². The van der Waals surface area contributed by atoms with Crippen molar-refractivity contribution in [2.45, 2.75) is 39.3 Å². The predicted octanol–water partition coefficient (Wildman–Crippen LogP) is 2.98. The van der Waals surface area contributed by atoms with Crippen LogP contribution in [0.25, 0.3) is 0 Å². The van der Waals surface area contributed by atoms with Crippen molar-refractivity contribution < 1.29 is 0 Å². The molecule has 1 aromatic carbocycles. The van der Waals surface area contributed by atoms with Crippen LogP contribution in [0, 0.1) is 6.92 Å². The van der Waals surface area contributed by atoms with Gasteiger partial charge in [-0.25, -0.2) is 0 Å². The summed E-state index contributed by atoms with van der Waals surface area (Å²) in [7, 11) is 0. The second-order valence-electron chi connectivity index (χ2n) is 5.54. The Kier molecular flexibility index (Phi) is 4.40. The van der Waals surface area contributed by atoms with Gasteiger partial charge in [0.05, 0.1) is 0 Å². The van der Waals surface area contributed by atoms with Crippen molar-refractivity contribution >= 4 is 0 Å². The topological polar surface area (TPSA) is 48.0 Å². The Balaban J connectivity index is 2.20. The van der Waals surface area contributed by atoms with Gasteiger partial charge in [-0.05, 0) is 30.0 Å². The number of nitrogens with two attached hydrogens (primary N) is 1. The third kappa shape index (κ3) is 3.17. The maximum atomic E-state index is 11.9. The van der Waals surface area contributed by atoms with Gasteiger partial charge in [0, 0.05) is 24.3 Å². The van der Waals surface area contributed by atoms with Crippen molar-refractivity contribution in [2.24, 2.45) is 5.73 Å². The van der Waals surface area contributed by atoms with E-state index in [1.807, 2.05) is 13.0 Å². The summed E-state index contributed by atoms with van der Waals surface area (Å²) in [6.07, 6.45) is 0. The molecule has 1 heterocycles. The standard InChI is InChI=1S/C17H22N2O/c1-12(2)14-7-9-15(10-8-14)16(18)11-19-13(3)5-4-6-17(19)20/h4-10,12,16H,11,18H2,1-3H3. The van der Waals surface area contributed by atoms with Crippen molar-refractivity contribution in [1.29, 1.82) is 0 Å². The average molecular weight is 270 g/mol. The molecular weight excluding hydrogens is 248 g/mol. The van der Waals surface area contributed by atoms with Crippen LogP contribution in [0.15, 0.2) is 47.3 Å². The smallest absolute Gasteiger partial charge is 0.250 e. The molecule has 0 saturated carbocycles. The lowest BCUT2D eigenvalue weighted by molar-refractivity contribution is 0.550. The number of hydrogen-bond donors (Lipinski definition) is 1. The third-order valence-electron chi connectivity index (χ3n) is 3.68. The SMILES string of the molecule is Cc1cccc(=O)n1CC(N)c1ccc(C(C)C)cc1. The summed E-state index contributed by atoms with van der Waals surface area (Å²) in [4.78, 5) is 11.9. The summed E-state index contributed by atoms with van der Waals surface area (Å²) in [5.74, 6) is 0.513. The van der Waals surface area contributed by atoms with Gasteiger partial charge in [-0.2, -0.15) is 0 Å². The van der Waals surface area contributed by atoms with E-state index in [1.54, 1.807) is 16.7 Å². The molecule has 106 valence electrons. The van der Waals surface area contributed by atoms with E-state index in [2.05, 4.69) is 38.1 Å². The molecular formula is C17H22N2O. The van der Waals surface area contributed by atoms with Crippen LogP contribution in [0.1, 0.15) is 42.6 Å². The Hall–Kier alpha value is -1.87. The molecule has 0 spiro atoms. The fourth-order valence-corrected chi connectivity index (χ4v) is 2.29. The summed E-state index contributed by atoms with van der Waals surface area (Å²) < 4.78 is 1.72. The van der Waals surface area contributed by atoms with Crippen molar-refractivity contribution in [2.75, 3.05) is 0 Å². The zero-order valence-corrected chi connectivity index (χ0v) is 12.3. The van der Waals surface area contributed by atoms with Crippen LogP contribution in [0.5, 0.6) is 0 Å². The zero-order chi connectivity index (χ0) is 14.7. The van der Waals surface area contributed by atoms with Gasteiger partial charge in [0.1, 0.15) is 0 Å². The molecule has 0 aliphatic heterocycles. The highest BCUT2D eigenvalue weighted by Crippen LogP contribution is 2.18. The minimum absolute atomic E-state index is 0.000694. The molecule has 2 aromatic rings. The number of rotatable bonds is 4. The first-order valence-corrected chi connectivity index (χ1v) is 7.01. The van der Waals surface area contributed by atoms with Crippen LogP contribution < -0.4 is 11.3 Å². The van der Waals surface area contributed by atoms with E-state index < -0.39 is 0 Å². The third-order valence-corrected chi connectivity index (χ3v) is 3.68. The summed E-state index contributed by atoms with van der Waals surface area (Å²) in [5, 5.41) is 0. The lowest BCUT2D eigenvalue weighted by Gasteiger charge is -2.17. The first-order chi connectivity index (χ1) is 9.49. The molecule has 0 bridgehead atoms. The Labute approximate surface area is 120 Å². The van der Waals surface area contributed by atoms with Gasteiger partial charge in [0.2, 0.25) is 0 Å². The second kappa shape index (κ2) is 6.06. The van der Waals surface area contributed by atoms with E-state index in [1.165, 1.54) is 5.56 Å². The van der Waals surface area contributed by atoms with Gasteiger partial charge in [0.25, 0.3) is 5.56 Å². The first-order valence-electron chi connectivity index (χ1n) is 7.01. The molecule has 2 rings (SSSR count). The summed E-state index contributed by atoms with van der Waals surface area (Å²) in [5.41, 5.74) is 9.53. The highest BCUT2D eigenvalue weighted by Gasteiger charge is 2.09. The summed E-state index contributed by atoms with van der Waals surface area (Å²) >= 11 is 0. The van der Waals surface area contributed by atoms with Crippen molar-refractivity contribution in [3.8, 4) is 0 Å². The molecule has 1 unspecified atom stereocenters. The normalized spacial score (nSPS) is 12.7. The van der Waals surface area contributed by atoms with Crippen LogP contribution in [-0.4, -0.2) is 4.57 Å². The monoisotopic (exact) mass is 270 g/mol. The molecule has 2 N–H and O–H groups in total. The molecule has 0 aliphatic carbocycles. The van der Waals surface area contributed by atoms with Crippen LogP contribution in [0.3, 0.4) is 0 Å². The summed E-state index contributed by atoms with van der Waals surface area (Å²) in [6, 6.07) is 13.4. The highest BCUT2D eigenvalue weighted by molar-refractivity contribution is 5.26. The van der Waals surface area contributed by atoms with Crippen LogP contribution in [0.4, 0.5) is 0 Å². The van der Waals surface area contributed by atoms with Crippen molar-refractivity contribution in [3.05, 3.63) is 69.6 Å². The molecule has 3 nitrogen and oxygen atoms in total. The van der Waals surface area contributed by atoms with Gasteiger partial charge in [-0.15, -0.1) is 0 Å². The van der Waals surface area contributed by atoms with Gasteiger partial charge in [0.15, 0.2) is 0 Å². The number of benzene rings is 1. The molecule has 20 heavy (non-hydrogen) atoms. The average Bonchev–Trinajstić information content (AvgIpc) is 2.43. The number of pyridine rings is 1. The fraction of sp³-hybridized carbons (Fsp3) is 0.353. The largest absolute Gasteiger partial charge is 0.322 e. The van der Waals surface area contributed by atoms with E-state index in [9.17, 15) is 4.79 Å². The number of aromatic nitrogens is 1. The Morgan fingerprint density at radius 1 is 1.05 bits per heavy atom. The van der Waals surface area contributed by atoms with Crippen LogP contribution >= 0.6 is 0 Å². The fourth-order valence-electron chi connectivity index (χ4n) is 2.29. The minimum atomic E-state index is -0.171. The van der Waals surface area contributed by atoms with E-state index in [4.69, 9.17) is 5.73 Å². The van der Waals surface area contributed by atoms with E-state index in [0.29, 0.717) is 12.5 Å². The molecule has 0 aliphatic rings. The van der Waals surface area contributed by atoms with Gasteiger partial charge >= 0.3 is 0 Å². The molecule has 0 fully saturated rings. The second-order valence-corrected chi connectivity index (χ2v) is 5.54. The van der Waals surface area contributed by atoms with Crippen LogP contribution in [-0.2, 0) is 6.54 Å².